The number of hydrogen-bond donors (Lipinski definition) is 1. The maximum atomic E-state index is 11.6. The molecule has 0 saturated heterocycles. The Morgan fingerprint density at radius 2 is 2.33 bits per heavy atom. The van der Waals surface area contributed by atoms with Crippen molar-refractivity contribution in [2.45, 2.75) is 37.5 Å². The van der Waals surface area contributed by atoms with Crippen LogP contribution in [0.2, 0.25) is 0 Å². The van der Waals surface area contributed by atoms with E-state index in [1.807, 2.05) is 13.0 Å². The van der Waals surface area contributed by atoms with Crippen LogP contribution in [0, 0.1) is 0 Å². The summed E-state index contributed by atoms with van der Waals surface area (Å²) in [6, 6.07) is 1.77. The molecule has 1 fully saturated rings. The van der Waals surface area contributed by atoms with Crippen molar-refractivity contribution in [2.75, 3.05) is 0 Å². The van der Waals surface area contributed by atoms with E-state index in [1.165, 1.54) is 0 Å². The second-order valence-corrected chi connectivity index (χ2v) is 6.09. The van der Waals surface area contributed by atoms with Gasteiger partial charge >= 0.3 is 0 Å². The zero-order chi connectivity index (χ0) is 10.9. The van der Waals surface area contributed by atoms with Crippen molar-refractivity contribution in [3.63, 3.8) is 0 Å². The highest BCUT2D eigenvalue weighted by atomic mass is 32.2. The normalized spacial score (nSPS) is 19.0. The smallest absolute Gasteiger partial charge is 0.214 e. The average Bonchev–Trinajstić information content (AvgIpc) is 2.88. The zero-order valence-corrected chi connectivity index (χ0v) is 9.46. The van der Waals surface area contributed by atoms with E-state index in [9.17, 15) is 8.42 Å². The molecule has 4 nitrogen and oxygen atoms in total. The van der Waals surface area contributed by atoms with Crippen LogP contribution >= 0.6 is 0 Å². The van der Waals surface area contributed by atoms with Crippen molar-refractivity contribution < 1.29 is 12.8 Å². The van der Waals surface area contributed by atoms with E-state index in [-0.39, 0.29) is 11.3 Å². The molecule has 2 rings (SSSR count). The second-order valence-electron chi connectivity index (χ2n) is 4.10. The first kappa shape index (κ1) is 10.7. The summed E-state index contributed by atoms with van der Waals surface area (Å²) in [6.07, 6.45) is 5.50. The molecule has 0 aliphatic heterocycles. The molecular weight excluding hydrogens is 214 g/mol. The molecule has 1 saturated carbocycles. The molecule has 1 atom stereocenters. The molecule has 0 aromatic carbocycles. The predicted octanol–water partition coefficient (Wildman–Crippen LogP) is 1.29. The highest BCUT2D eigenvalue weighted by Gasteiger charge is 2.36. The lowest BCUT2D eigenvalue weighted by Crippen LogP contribution is -2.36. The van der Waals surface area contributed by atoms with E-state index in [1.54, 1.807) is 12.5 Å². The quantitative estimate of drug-likeness (QED) is 0.827. The summed E-state index contributed by atoms with van der Waals surface area (Å²) in [5, 5.41) is -0.149. The van der Waals surface area contributed by atoms with Gasteiger partial charge in [-0.1, -0.05) is 0 Å². The number of nitrogens with one attached hydrogen (secondary N) is 1. The van der Waals surface area contributed by atoms with Gasteiger partial charge in [0.1, 0.15) is 0 Å². The molecule has 0 radical (unpaired) electrons. The maximum absolute atomic E-state index is 11.6. The van der Waals surface area contributed by atoms with E-state index in [0.29, 0.717) is 6.42 Å². The van der Waals surface area contributed by atoms with Gasteiger partial charge in [0.15, 0.2) is 0 Å². The number of sulfonamides is 1. The summed E-state index contributed by atoms with van der Waals surface area (Å²) in [5.74, 6) is 0. The average molecular weight is 229 g/mol. The summed E-state index contributed by atoms with van der Waals surface area (Å²) >= 11 is 0. The van der Waals surface area contributed by atoms with Crippen LogP contribution in [-0.4, -0.2) is 19.7 Å². The molecule has 0 bridgehead atoms. The molecule has 1 aromatic rings. The molecule has 5 heteroatoms. The maximum Gasteiger partial charge on any atom is 0.214 e. The Morgan fingerprint density at radius 3 is 2.87 bits per heavy atom. The molecule has 1 aromatic heterocycles. The van der Waals surface area contributed by atoms with Crippen LogP contribution in [-0.2, 0) is 16.4 Å². The predicted molar refractivity (Wildman–Crippen MR) is 57.0 cm³/mol. The van der Waals surface area contributed by atoms with Gasteiger partial charge in [-0.3, -0.25) is 0 Å². The van der Waals surface area contributed by atoms with Crippen LogP contribution < -0.4 is 4.72 Å². The topological polar surface area (TPSA) is 59.3 Å². The Labute approximate surface area is 89.7 Å². The number of hydrogen-bond acceptors (Lipinski definition) is 3. The van der Waals surface area contributed by atoms with E-state index >= 15 is 0 Å². The second kappa shape index (κ2) is 3.98. The van der Waals surface area contributed by atoms with Crippen molar-refractivity contribution in [3.05, 3.63) is 24.2 Å². The van der Waals surface area contributed by atoms with Crippen LogP contribution in [0.3, 0.4) is 0 Å². The Hall–Kier alpha value is -0.810. The Morgan fingerprint density at radius 1 is 1.60 bits per heavy atom. The first-order valence-corrected chi connectivity index (χ1v) is 6.65. The summed E-state index contributed by atoms with van der Waals surface area (Å²) in [6.45, 7) is 1.87. The minimum absolute atomic E-state index is 0.0757. The van der Waals surface area contributed by atoms with Crippen molar-refractivity contribution in [2.24, 2.45) is 0 Å². The van der Waals surface area contributed by atoms with E-state index in [2.05, 4.69) is 4.72 Å². The minimum Gasteiger partial charge on any atom is -0.472 e. The van der Waals surface area contributed by atoms with Crippen LogP contribution in [0.4, 0.5) is 0 Å². The molecule has 0 amide bonds. The summed E-state index contributed by atoms with van der Waals surface area (Å²) in [5.41, 5.74) is 1.01. The monoisotopic (exact) mass is 229 g/mol. The van der Waals surface area contributed by atoms with Gasteiger partial charge in [0.25, 0.3) is 0 Å². The first-order chi connectivity index (χ1) is 7.08. The van der Waals surface area contributed by atoms with Gasteiger partial charge in [-0.15, -0.1) is 0 Å². The van der Waals surface area contributed by atoms with Gasteiger partial charge < -0.3 is 4.42 Å². The third kappa shape index (κ3) is 2.82. The molecule has 1 N–H and O–H groups in total. The lowest BCUT2D eigenvalue weighted by Gasteiger charge is -2.12. The van der Waals surface area contributed by atoms with Gasteiger partial charge in [0, 0.05) is 6.04 Å². The molecule has 0 spiro atoms. The van der Waals surface area contributed by atoms with Crippen molar-refractivity contribution in [3.8, 4) is 0 Å². The molecule has 84 valence electrons. The molecule has 15 heavy (non-hydrogen) atoms. The Bertz CT molecular complexity index is 406. The summed E-state index contributed by atoms with van der Waals surface area (Å²) in [7, 11) is -3.07. The summed E-state index contributed by atoms with van der Waals surface area (Å²) in [4.78, 5) is 0. The van der Waals surface area contributed by atoms with Gasteiger partial charge in [-0.2, -0.15) is 0 Å². The van der Waals surface area contributed by atoms with Gasteiger partial charge in [0.2, 0.25) is 10.0 Å². The van der Waals surface area contributed by atoms with E-state index < -0.39 is 10.0 Å². The minimum atomic E-state index is -3.07. The standard InChI is InChI=1S/C10H15NO3S/c1-8(6-9-4-5-14-7-9)11-15(12,13)10-2-3-10/h4-5,7-8,10-11H,2-3,6H2,1H3. The van der Waals surface area contributed by atoms with Gasteiger partial charge in [-0.05, 0) is 37.8 Å². The van der Waals surface area contributed by atoms with E-state index in [0.717, 1.165) is 18.4 Å². The van der Waals surface area contributed by atoms with Gasteiger partial charge in [-0.25, -0.2) is 13.1 Å². The fourth-order valence-corrected chi connectivity index (χ4v) is 3.15. The van der Waals surface area contributed by atoms with Crippen LogP contribution in [0.15, 0.2) is 23.0 Å². The van der Waals surface area contributed by atoms with Crippen molar-refractivity contribution in [1.82, 2.24) is 4.72 Å². The van der Waals surface area contributed by atoms with E-state index in [4.69, 9.17) is 4.42 Å². The molecular formula is C10H15NO3S. The summed E-state index contributed by atoms with van der Waals surface area (Å²) < 4.78 is 30.8. The molecule has 1 unspecified atom stereocenters. The highest BCUT2D eigenvalue weighted by molar-refractivity contribution is 7.90. The van der Waals surface area contributed by atoms with Gasteiger partial charge in [0.05, 0.1) is 17.8 Å². The SMILES string of the molecule is CC(Cc1ccoc1)NS(=O)(=O)C1CC1. The van der Waals surface area contributed by atoms with Crippen LogP contribution in [0.5, 0.6) is 0 Å². The van der Waals surface area contributed by atoms with Crippen LogP contribution in [0.25, 0.3) is 0 Å². The third-order valence-corrected chi connectivity index (χ3v) is 4.53. The third-order valence-electron chi connectivity index (χ3n) is 2.45. The van der Waals surface area contributed by atoms with Crippen molar-refractivity contribution in [1.29, 1.82) is 0 Å². The molecule has 1 aliphatic carbocycles. The lowest BCUT2D eigenvalue weighted by atomic mass is 10.1. The number of furan rings is 1. The van der Waals surface area contributed by atoms with Crippen molar-refractivity contribution >= 4 is 10.0 Å². The molecule has 1 aliphatic rings. The Balaban J connectivity index is 1.89. The zero-order valence-electron chi connectivity index (χ0n) is 8.64. The fourth-order valence-electron chi connectivity index (χ4n) is 1.56. The first-order valence-electron chi connectivity index (χ1n) is 5.10. The molecule has 1 heterocycles. The number of rotatable bonds is 5. The fraction of sp³-hybridized carbons (Fsp3) is 0.600. The lowest BCUT2D eigenvalue weighted by molar-refractivity contribution is 0.548. The largest absolute Gasteiger partial charge is 0.472 e. The van der Waals surface area contributed by atoms with Crippen LogP contribution in [0.1, 0.15) is 25.3 Å². The Kier molecular flexibility index (Phi) is 2.84. The highest BCUT2D eigenvalue weighted by Crippen LogP contribution is 2.27.